The zero-order valence-corrected chi connectivity index (χ0v) is 7.31. The summed E-state index contributed by atoms with van der Waals surface area (Å²) in [4.78, 5) is 0. The van der Waals surface area contributed by atoms with Gasteiger partial charge in [0.25, 0.3) is 0 Å². The zero-order valence-electron chi connectivity index (χ0n) is 5.68. The normalized spacial score (nSPS) is 38.8. The third-order valence-corrected chi connectivity index (χ3v) is 5.31. The minimum atomic E-state index is 0.602. The van der Waals surface area contributed by atoms with Gasteiger partial charge in [-0.15, -0.1) is 0 Å². The zero-order chi connectivity index (χ0) is 6.48. The molecule has 9 heavy (non-hydrogen) atoms. The van der Waals surface area contributed by atoms with Crippen molar-refractivity contribution in [1.82, 2.24) is 0 Å². The average Bonchev–Trinajstić information content (AvgIpc) is 2.38. The Bertz CT molecular complexity index is 172. The number of rotatable bonds is 1. The van der Waals surface area contributed by atoms with Gasteiger partial charge in [-0.3, -0.25) is 0 Å². The highest BCUT2D eigenvalue weighted by atomic mass is 33.1. The molecule has 0 spiro atoms. The van der Waals surface area contributed by atoms with Gasteiger partial charge < -0.3 is 0 Å². The molecule has 0 amide bonds. The highest BCUT2D eigenvalue weighted by molar-refractivity contribution is 8.79. The summed E-state index contributed by atoms with van der Waals surface area (Å²) in [6.07, 6.45) is 1.36. The Kier molecular flexibility index (Phi) is 1.18. The van der Waals surface area contributed by atoms with Crippen molar-refractivity contribution in [3.05, 3.63) is 11.0 Å². The van der Waals surface area contributed by atoms with Gasteiger partial charge in [0.05, 0.1) is 4.75 Å². The number of hydrogen-bond acceptors (Lipinski definition) is 2. The first-order valence-electron chi connectivity index (χ1n) is 3.30. The molecule has 1 saturated carbocycles. The van der Waals surface area contributed by atoms with Gasteiger partial charge in [0.2, 0.25) is 0 Å². The maximum atomic E-state index is 2.32. The van der Waals surface area contributed by atoms with Gasteiger partial charge in [-0.25, -0.2) is 0 Å². The maximum Gasteiger partial charge on any atom is 0.0544 e. The van der Waals surface area contributed by atoms with Gasteiger partial charge in [0.1, 0.15) is 0 Å². The van der Waals surface area contributed by atoms with Crippen molar-refractivity contribution in [2.24, 2.45) is 5.92 Å². The smallest absolute Gasteiger partial charge is 0.0544 e. The molecule has 0 aromatic carbocycles. The summed E-state index contributed by atoms with van der Waals surface area (Å²) in [5.74, 6) is 0.837. The maximum absolute atomic E-state index is 2.32. The third kappa shape index (κ3) is 0.695. The molecule has 0 bridgehead atoms. The van der Waals surface area contributed by atoms with Crippen LogP contribution in [0.5, 0.6) is 0 Å². The average molecular weight is 158 g/mol. The van der Waals surface area contributed by atoms with E-state index < -0.39 is 0 Å². The molecule has 2 heteroatoms. The van der Waals surface area contributed by atoms with Gasteiger partial charge in [0, 0.05) is 0 Å². The summed E-state index contributed by atoms with van der Waals surface area (Å²) in [5.41, 5.74) is 1.69. The van der Waals surface area contributed by atoms with E-state index in [1.807, 2.05) is 10.8 Å². The molecule has 1 aliphatic heterocycles. The van der Waals surface area contributed by atoms with Crippen LogP contribution in [-0.4, -0.2) is 4.75 Å². The molecular weight excluding hydrogens is 148 g/mol. The molecule has 2 rings (SSSR count). The Hall–Kier alpha value is 0.440. The van der Waals surface area contributed by atoms with Crippen LogP contribution in [0.1, 0.15) is 20.3 Å². The highest BCUT2D eigenvalue weighted by Crippen LogP contribution is 2.68. The lowest BCUT2D eigenvalue weighted by atomic mass is 10.1. The van der Waals surface area contributed by atoms with Crippen LogP contribution < -0.4 is 0 Å². The van der Waals surface area contributed by atoms with Crippen LogP contribution in [0.25, 0.3) is 0 Å². The van der Waals surface area contributed by atoms with E-state index >= 15 is 0 Å². The molecule has 2 aliphatic rings. The van der Waals surface area contributed by atoms with E-state index in [0.29, 0.717) is 4.75 Å². The Balaban J connectivity index is 2.22. The molecule has 0 aromatic heterocycles. The molecule has 0 radical (unpaired) electrons. The van der Waals surface area contributed by atoms with E-state index in [1.54, 1.807) is 5.57 Å². The summed E-state index contributed by atoms with van der Waals surface area (Å²) >= 11 is 0. The van der Waals surface area contributed by atoms with Crippen molar-refractivity contribution in [2.45, 2.75) is 25.0 Å². The summed E-state index contributed by atoms with van der Waals surface area (Å²) in [7, 11) is 3.96. The Morgan fingerprint density at radius 2 is 2.44 bits per heavy atom. The van der Waals surface area contributed by atoms with Crippen molar-refractivity contribution in [1.29, 1.82) is 0 Å². The Morgan fingerprint density at radius 1 is 1.67 bits per heavy atom. The molecule has 1 aliphatic carbocycles. The van der Waals surface area contributed by atoms with E-state index in [2.05, 4.69) is 30.0 Å². The SMILES string of the molecule is CC(C)C12CC1=CSS2. The van der Waals surface area contributed by atoms with Gasteiger partial charge in [-0.05, 0) is 23.3 Å². The lowest BCUT2D eigenvalue weighted by Crippen LogP contribution is -2.09. The molecule has 50 valence electrons. The lowest BCUT2D eigenvalue weighted by Gasteiger charge is -2.12. The molecule has 1 heterocycles. The molecule has 0 aromatic rings. The third-order valence-electron chi connectivity index (χ3n) is 2.19. The predicted octanol–water partition coefficient (Wildman–Crippen LogP) is 3.06. The van der Waals surface area contributed by atoms with E-state index in [4.69, 9.17) is 0 Å². The van der Waals surface area contributed by atoms with Crippen molar-refractivity contribution in [3.8, 4) is 0 Å². The van der Waals surface area contributed by atoms with Crippen LogP contribution in [-0.2, 0) is 0 Å². The highest BCUT2D eigenvalue weighted by Gasteiger charge is 2.54. The summed E-state index contributed by atoms with van der Waals surface area (Å²) in [5, 5.41) is 2.32. The molecule has 0 nitrogen and oxygen atoms in total. The van der Waals surface area contributed by atoms with E-state index in [1.165, 1.54) is 6.42 Å². The summed E-state index contributed by atoms with van der Waals surface area (Å²) < 4.78 is 0.602. The molecule has 0 N–H and O–H groups in total. The Labute approximate surface area is 63.9 Å². The van der Waals surface area contributed by atoms with Crippen LogP contribution in [0.15, 0.2) is 11.0 Å². The largest absolute Gasteiger partial charge is 0.0776 e. The lowest BCUT2D eigenvalue weighted by molar-refractivity contribution is 0.622. The van der Waals surface area contributed by atoms with E-state index in [-0.39, 0.29) is 0 Å². The summed E-state index contributed by atoms with van der Waals surface area (Å²) in [6.45, 7) is 4.64. The standard InChI is InChI=1S/C7H10S2/c1-5(2)7-3-6(7)4-8-9-7/h4-5H,3H2,1-2H3. The van der Waals surface area contributed by atoms with Crippen LogP contribution in [0, 0.1) is 5.92 Å². The van der Waals surface area contributed by atoms with Gasteiger partial charge in [-0.2, -0.15) is 0 Å². The number of hydrogen-bond donors (Lipinski definition) is 0. The molecule has 0 saturated heterocycles. The van der Waals surface area contributed by atoms with Crippen molar-refractivity contribution in [3.63, 3.8) is 0 Å². The minimum Gasteiger partial charge on any atom is -0.0776 e. The van der Waals surface area contributed by atoms with E-state index in [0.717, 1.165) is 5.92 Å². The fourth-order valence-corrected chi connectivity index (χ4v) is 4.66. The van der Waals surface area contributed by atoms with Gasteiger partial charge in [0.15, 0.2) is 0 Å². The van der Waals surface area contributed by atoms with Gasteiger partial charge >= 0.3 is 0 Å². The second kappa shape index (κ2) is 1.73. The predicted molar refractivity (Wildman–Crippen MR) is 45.5 cm³/mol. The second-order valence-electron chi connectivity index (χ2n) is 3.04. The second-order valence-corrected chi connectivity index (χ2v) is 5.44. The minimum absolute atomic E-state index is 0.602. The van der Waals surface area contributed by atoms with Gasteiger partial charge in [-0.1, -0.05) is 35.4 Å². The van der Waals surface area contributed by atoms with Crippen LogP contribution >= 0.6 is 21.6 Å². The van der Waals surface area contributed by atoms with Crippen molar-refractivity contribution in [2.75, 3.05) is 0 Å². The van der Waals surface area contributed by atoms with Crippen LogP contribution in [0.2, 0.25) is 0 Å². The molecule has 1 atom stereocenters. The van der Waals surface area contributed by atoms with Crippen LogP contribution in [0.4, 0.5) is 0 Å². The first-order chi connectivity index (χ1) is 4.26. The van der Waals surface area contributed by atoms with Crippen molar-refractivity contribution < 1.29 is 0 Å². The molecule has 1 fully saturated rings. The van der Waals surface area contributed by atoms with E-state index in [9.17, 15) is 0 Å². The monoisotopic (exact) mass is 158 g/mol. The topological polar surface area (TPSA) is 0 Å². The fraction of sp³-hybridized carbons (Fsp3) is 0.714. The Morgan fingerprint density at radius 3 is 2.67 bits per heavy atom. The first kappa shape index (κ1) is 6.17. The quantitative estimate of drug-likeness (QED) is 0.538. The van der Waals surface area contributed by atoms with Crippen molar-refractivity contribution >= 4 is 21.6 Å². The number of fused-ring (bicyclic) bond motifs is 1. The molecule has 1 unspecified atom stereocenters. The van der Waals surface area contributed by atoms with Crippen LogP contribution in [0.3, 0.4) is 0 Å². The molecular formula is C7H10S2. The summed E-state index contributed by atoms with van der Waals surface area (Å²) in [6, 6.07) is 0. The fourth-order valence-electron chi connectivity index (χ4n) is 1.30. The first-order valence-corrected chi connectivity index (χ1v) is 5.51.